The zero-order valence-electron chi connectivity index (χ0n) is 11.6. The van der Waals surface area contributed by atoms with E-state index in [1.807, 2.05) is 37.3 Å². The van der Waals surface area contributed by atoms with Gasteiger partial charge < -0.3 is 15.6 Å². The normalized spacial score (nSPS) is 13.9. The second-order valence-electron chi connectivity index (χ2n) is 4.63. The maximum absolute atomic E-state index is 10.5. The molecule has 0 spiro atoms. The molecule has 0 amide bonds. The van der Waals surface area contributed by atoms with Gasteiger partial charge >= 0.3 is 0 Å². The van der Waals surface area contributed by atoms with Gasteiger partial charge in [-0.3, -0.25) is 4.98 Å². The largest absolute Gasteiger partial charge is 0.398 e. The summed E-state index contributed by atoms with van der Waals surface area (Å²) in [6, 6.07) is 11.5. The number of benzene rings is 1. The van der Waals surface area contributed by atoms with E-state index >= 15 is 0 Å². The first-order valence-electron chi connectivity index (χ1n) is 6.75. The molecule has 4 heteroatoms. The van der Waals surface area contributed by atoms with Gasteiger partial charge in [0, 0.05) is 31.1 Å². The monoisotopic (exact) mass is 272 g/mol. The van der Waals surface area contributed by atoms with Gasteiger partial charge in [-0.15, -0.1) is 0 Å². The van der Waals surface area contributed by atoms with E-state index in [0.717, 1.165) is 11.1 Å². The van der Waals surface area contributed by atoms with Crippen LogP contribution in [0.3, 0.4) is 0 Å². The van der Waals surface area contributed by atoms with Crippen molar-refractivity contribution in [3.05, 3.63) is 59.9 Å². The van der Waals surface area contributed by atoms with Crippen molar-refractivity contribution in [2.45, 2.75) is 25.6 Å². The van der Waals surface area contributed by atoms with Crippen molar-refractivity contribution in [2.24, 2.45) is 0 Å². The highest BCUT2D eigenvalue weighted by Crippen LogP contribution is 2.25. The fraction of sp³-hybridized carbons (Fsp3) is 0.312. The zero-order valence-corrected chi connectivity index (χ0v) is 11.6. The highest BCUT2D eigenvalue weighted by molar-refractivity contribution is 5.44. The van der Waals surface area contributed by atoms with Gasteiger partial charge in [0.1, 0.15) is 6.10 Å². The van der Waals surface area contributed by atoms with Crippen LogP contribution >= 0.6 is 0 Å². The minimum absolute atomic E-state index is 0.360. The third-order valence-corrected chi connectivity index (χ3v) is 3.19. The van der Waals surface area contributed by atoms with Crippen molar-refractivity contribution in [1.82, 2.24) is 4.98 Å². The molecule has 0 aliphatic heterocycles. The van der Waals surface area contributed by atoms with E-state index in [-0.39, 0.29) is 6.10 Å². The van der Waals surface area contributed by atoms with E-state index < -0.39 is 6.10 Å². The van der Waals surface area contributed by atoms with Gasteiger partial charge in [-0.2, -0.15) is 0 Å². The summed E-state index contributed by atoms with van der Waals surface area (Å²) in [5.41, 5.74) is 8.33. The van der Waals surface area contributed by atoms with Crippen LogP contribution in [-0.4, -0.2) is 22.8 Å². The Labute approximate surface area is 119 Å². The molecule has 0 aliphatic rings. The van der Waals surface area contributed by atoms with Crippen LogP contribution in [0.25, 0.3) is 0 Å². The van der Waals surface area contributed by atoms with Crippen LogP contribution in [0.1, 0.15) is 24.2 Å². The lowest BCUT2D eigenvalue weighted by Gasteiger charge is -2.23. The fourth-order valence-electron chi connectivity index (χ4n) is 2.19. The van der Waals surface area contributed by atoms with E-state index in [1.165, 1.54) is 0 Å². The highest BCUT2D eigenvalue weighted by atomic mass is 16.5. The molecule has 20 heavy (non-hydrogen) atoms. The van der Waals surface area contributed by atoms with Crippen LogP contribution < -0.4 is 5.73 Å². The molecular formula is C16H20N2O2. The molecular weight excluding hydrogens is 252 g/mol. The van der Waals surface area contributed by atoms with Crippen LogP contribution in [0.5, 0.6) is 0 Å². The van der Waals surface area contributed by atoms with Gasteiger partial charge in [-0.25, -0.2) is 0 Å². The number of pyridine rings is 1. The molecule has 0 saturated heterocycles. The van der Waals surface area contributed by atoms with Crippen LogP contribution in [0.15, 0.2) is 48.8 Å². The van der Waals surface area contributed by atoms with E-state index in [1.54, 1.807) is 18.5 Å². The Bertz CT molecular complexity index is 531. The number of nitrogen functional groups attached to an aromatic ring is 1. The number of aliphatic hydroxyl groups is 1. The number of hydrogen-bond acceptors (Lipinski definition) is 4. The lowest BCUT2D eigenvalue weighted by molar-refractivity contribution is -0.0339. The van der Waals surface area contributed by atoms with Gasteiger partial charge in [0.15, 0.2) is 0 Å². The third kappa shape index (κ3) is 3.56. The number of hydrogen-bond donors (Lipinski definition) is 2. The van der Waals surface area contributed by atoms with Crippen molar-refractivity contribution >= 4 is 5.69 Å². The number of ether oxygens (including phenoxy) is 1. The molecule has 3 N–H and O–H groups in total. The van der Waals surface area contributed by atoms with Gasteiger partial charge in [0.2, 0.25) is 0 Å². The molecule has 0 bridgehead atoms. The van der Waals surface area contributed by atoms with Crippen LogP contribution in [0.2, 0.25) is 0 Å². The fourth-order valence-corrected chi connectivity index (χ4v) is 2.19. The summed E-state index contributed by atoms with van der Waals surface area (Å²) >= 11 is 0. The Balaban J connectivity index is 2.16. The second kappa shape index (κ2) is 7.03. The summed E-state index contributed by atoms with van der Waals surface area (Å²) in [5.74, 6) is 0. The SMILES string of the molecule is CCOC(c1ccccc1)C(O)Cc1cnccc1N. The zero-order chi connectivity index (χ0) is 14.4. The molecule has 2 unspecified atom stereocenters. The van der Waals surface area contributed by atoms with Gasteiger partial charge in [-0.1, -0.05) is 30.3 Å². The first-order valence-corrected chi connectivity index (χ1v) is 6.75. The molecule has 0 saturated carbocycles. The minimum atomic E-state index is -0.663. The van der Waals surface area contributed by atoms with Crippen molar-refractivity contribution in [3.63, 3.8) is 0 Å². The average Bonchev–Trinajstić information content (AvgIpc) is 2.48. The van der Waals surface area contributed by atoms with Gasteiger partial charge in [0.05, 0.1) is 6.10 Å². The van der Waals surface area contributed by atoms with E-state index in [0.29, 0.717) is 18.7 Å². The average molecular weight is 272 g/mol. The Kier molecular flexibility index (Phi) is 5.09. The molecule has 0 aliphatic carbocycles. The van der Waals surface area contributed by atoms with Crippen LogP contribution in [-0.2, 0) is 11.2 Å². The second-order valence-corrected chi connectivity index (χ2v) is 4.63. The first kappa shape index (κ1) is 14.5. The number of aliphatic hydroxyl groups excluding tert-OH is 1. The molecule has 2 aromatic rings. The lowest BCUT2D eigenvalue weighted by Crippen LogP contribution is -2.24. The van der Waals surface area contributed by atoms with Crippen LogP contribution in [0, 0.1) is 0 Å². The van der Waals surface area contributed by atoms with Crippen molar-refractivity contribution < 1.29 is 9.84 Å². The molecule has 4 nitrogen and oxygen atoms in total. The van der Waals surface area contributed by atoms with Crippen LogP contribution in [0.4, 0.5) is 5.69 Å². The highest BCUT2D eigenvalue weighted by Gasteiger charge is 2.22. The lowest BCUT2D eigenvalue weighted by atomic mass is 9.98. The first-order chi connectivity index (χ1) is 9.72. The Morgan fingerprint density at radius 2 is 2.00 bits per heavy atom. The minimum Gasteiger partial charge on any atom is -0.398 e. The van der Waals surface area contributed by atoms with Gasteiger partial charge in [0.25, 0.3) is 0 Å². The van der Waals surface area contributed by atoms with Gasteiger partial charge in [-0.05, 0) is 24.1 Å². The standard InChI is InChI=1S/C16H20N2O2/c1-2-20-16(12-6-4-3-5-7-12)15(19)10-13-11-18-9-8-14(13)17/h3-9,11,15-16,19H,2,10H2,1H3,(H2,17,18). The number of nitrogens with zero attached hydrogens (tertiary/aromatic N) is 1. The van der Waals surface area contributed by atoms with E-state index in [4.69, 9.17) is 10.5 Å². The number of anilines is 1. The summed E-state index contributed by atoms with van der Waals surface area (Å²) in [6.45, 7) is 2.46. The quantitative estimate of drug-likeness (QED) is 0.847. The number of aromatic nitrogens is 1. The molecule has 0 fully saturated rings. The summed E-state index contributed by atoms with van der Waals surface area (Å²) in [7, 11) is 0. The predicted molar refractivity (Wildman–Crippen MR) is 79.2 cm³/mol. The summed E-state index contributed by atoms with van der Waals surface area (Å²) < 4.78 is 5.69. The van der Waals surface area contributed by atoms with Crippen molar-refractivity contribution in [2.75, 3.05) is 12.3 Å². The summed E-state index contributed by atoms with van der Waals surface area (Å²) in [5, 5.41) is 10.5. The molecule has 2 atom stereocenters. The number of nitrogens with two attached hydrogens (primary N) is 1. The molecule has 1 heterocycles. The Morgan fingerprint density at radius 3 is 2.65 bits per heavy atom. The molecule has 2 rings (SSSR count). The molecule has 1 aromatic carbocycles. The summed E-state index contributed by atoms with van der Waals surface area (Å²) in [4.78, 5) is 4.04. The molecule has 0 radical (unpaired) electrons. The van der Waals surface area contributed by atoms with Crippen molar-refractivity contribution in [3.8, 4) is 0 Å². The molecule has 1 aromatic heterocycles. The Hall–Kier alpha value is -1.91. The smallest absolute Gasteiger partial charge is 0.109 e. The topological polar surface area (TPSA) is 68.4 Å². The summed E-state index contributed by atoms with van der Waals surface area (Å²) in [6.07, 6.45) is 2.72. The maximum atomic E-state index is 10.5. The maximum Gasteiger partial charge on any atom is 0.109 e. The number of rotatable bonds is 6. The van der Waals surface area contributed by atoms with E-state index in [2.05, 4.69) is 4.98 Å². The third-order valence-electron chi connectivity index (χ3n) is 3.19. The Morgan fingerprint density at radius 1 is 1.25 bits per heavy atom. The molecule has 106 valence electrons. The van der Waals surface area contributed by atoms with E-state index in [9.17, 15) is 5.11 Å². The predicted octanol–water partition coefficient (Wildman–Crippen LogP) is 2.35. The van der Waals surface area contributed by atoms with Crippen molar-refractivity contribution in [1.29, 1.82) is 0 Å².